The summed E-state index contributed by atoms with van der Waals surface area (Å²) in [4.78, 5) is 14.4. The lowest BCUT2D eigenvalue weighted by molar-refractivity contribution is 0.0486. The Balaban J connectivity index is 1.60. The molecule has 1 saturated carbocycles. The Morgan fingerprint density at radius 3 is 2.41 bits per heavy atom. The van der Waals surface area contributed by atoms with Crippen molar-refractivity contribution in [3.63, 3.8) is 0 Å². The molecule has 0 radical (unpaired) electrons. The average Bonchev–Trinajstić information content (AvgIpc) is 2.45. The molecule has 2 aliphatic rings. The Bertz CT molecular complexity index is 340. The smallest absolute Gasteiger partial charge is 0.407 e. The summed E-state index contributed by atoms with van der Waals surface area (Å²) in [7, 11) is 0. The van der Waals surface area contributed by atoms with Crippen LogP contribution in [0.15, 0.2) is 0 Å². The van der Waals surface area contributed by atoms with E-state index in [9.17, 15) is 4.79 Å². The van der Waals surface area contributed by atoms with Crippen LogP contribution in [0.3, 0.4) is 0 Å². The van der Waals surface area contributed by atoms with Crippen LogP contribution in [-0.4, -0.2) is 55.4 Å². The van der Waals surface area contributed by atoms with Crippen molar-refractivity contribution < 1.29 is 9.53 Å². The predicted octanol–water partition coefficient (Wildman–Crippen LogP) is 2.37. The summed E-state index contributed by atoms with van der Waals surface area (Å²) < 4.78 is 5.33. The number of alkyl carbamates (subject to hydrolysis) is 1. The van der Waals surface area contributed by atoms with Crippen LogP contribution < -0.4 is 10.6 Å². The highest BCUT2D eigenvalue weighted by Gasteiger charge is 2.25. The summed E-state index contributed by atoms with van der Waals surface area (Å²) >= 11 is 0. The first-order chi connectivity index (χ1) is 10.4. The van der Waals surface area contributed by atoms with E-state index in [0.717, 1.165) is 31.8 Å². The van der Waals surface area contributed by atoms with E-state index in [2.05, 4.69) is 15.5 Å². The topological polar surface area (TPSA) is 53.6 Å². The second-order valence-electron chi connectivity index (χ2n) is 7.74. The second kappa shape index (κ2) is 8.16. The number of ether oxygens (including phenoxy) is 1. The maximum Gasteiger partial charge on any atom is 0.407 e. The van der Waals surface area contributed by atoms with Gasteiger partial charge in [-0.05, 0) is 65.3 Å². The highest BCUT2D eigenvalue weighted by molar-refractivity contribution is 5.68. The van der Waals surface area contributed by atoms with Crippen LogP contribution in [0.25, 0.3) is 0 Å². The van der Waals surface area contributed by atoms with Gasteiger partial charge in [0.2, 0.25) is 0 Å². The van der Waals surface area contributed by atoms with Crippen LogP contribution in [0.2, 0.25) is 0 Å². The molecule has 0 bridgehead atoms. The van der Waals surface area contributed by atoms with Crippen molar-refractivity contribution in [3.05, 3.63) is 0 Å². The molecule has 2 rings (SSSR count). The molecule has 2 fully saturated rings. The van der Waals surface area contributed by atoms with Gasteiger partial charge in [-0.2, -0.15) is 0 Å². The molecule has 0 spiro atoms. The van der Waals surface area contributed by atoms with Gasteiger partial charge in [0.1, 0.15) is 5.60 Å². The Kier molecular flexibility index (Phi) is 6.50. The molecule has 1 aliphatic heterocycles. The normalized spacial score (nSPS) is 27.4. The number of hydrogen-bond acceptors (Lipinski definition) is 4. The van der Waals surface area contributed by atoms with Gasteiger partial charge in [-0.25, -0.2) is 4.79 Å². The van der Waals surface area contributed by atoms with Gasteiger partial charge in [0.25, 0.3) is 0 Å². The summed E-state index contributed by atoms with van der Waals surface area (Å²) in [6, 6.07) is 0.297. The number of nitrogens with zero attached hydrogens (tertiary/aromatic N) is 1. The van der Waals surface area contributed by atoms with E-state index in [4.69, 9.17) is 4.74 Å². The van der Waals surface area contributed by atoms with E-state index in [1.54, 1.807) is 0 Å². The minimum absolute atomic E-state index is 0.267. The molecular formula is C17H33N3O2. The third kappa shape index (κ3) is 6.53. The van der Waals surface area contributed by atoms with Crippen molar-refractivity contribution in [2.24, 2.45) is 5.92 Å². The highest BCUT2D eigenvalue weighted by Crippen LogP contribution is 2.27. The maximum absolute atomic E-state index is 11.8. The molecule has 128 valence electrons. The fourth-order valence-electron chi connectivity index (χ4n) is 3.37. The lowest BCUT2D eigenvalue weighted by atomic mass is 9.84. The standard InChI is InChI=1S/C17H33N3O2/c1-17(2,3)22-16(21)19-15-6-4-14(5-7-15)8-11-20-12-9-18-10-13-20/h14-15,18H,4-13H2,1-3H3,(H,19,21). The molecule has 1 saturated heterocycles. The Morgan fingerprint density at radius 1 is 1.18 bits per heavy atom. The summed E-state index contributed by atoms with van der Waals surface area (Å²) in [5, 5.41) is 6.42. The quantitative estimate of drug-likeness (QED) is 0.837. The largest absolute Gasteiger partial charge is 0.444 e. The fourth-order valence-corrected chi connectivity index (χ4v) is 3.37. The van der Waals surface area contributed by atoms with Crippen LogP contribution in [0.4, 0.5) is 4.79 Å². The van der Waals surface area contributed by atoms with Gasteiger partial charge < -0.3 is 20.3 Å². The molecule has 0 unspecified atom stereocenters. The maximum atomic E-state index is 11.8. The molecule has 1 amide bonds. The van der Waals surface area contributed by atoms with Crippen LogP contribution in [0, 0.1) is 5.92 Å². The van der Waals surface area contributed by atoms with Crippen molar-refractivity contribution in [2.75, 3.05) is 32.7 Å². The predicted molar refractivity (Wildman–Crippen MR) is 89.0 cm³/mol. The Morgan fingerprint density at radius 2 is 1.82 bits per heavy atom. The van der Waals surface area contributed by atoms with Gasteiger partial charge in [-0.3, -0.25) is 0 Å². The number of piperazine rings is 1. The second-order valence-corrected chi connectivity index (χ2v) is 7.74. The molecular weight excluding hydrogens is 278 g/mol. The average molecular weight is 311 g/mol. The van der Waals surface area contributed by atoms with Gasteiger partial charge in [0.15, 0.2) is 0 Å². The molecule has 22 heavy (non-hydrogen) atoms. The first kappa shape index (κ1) is 17.5. The zero-order valence-corrected chi connectivity index (χ0v) is 14.5. The van der Waals surface area contributed by atoms with Gasteiger partial charge in [0, 0.05) is 32.2 Å². The SMILES string of the molecule is CC(C)(C)OC(=O)NC1CCC(CCN2CCNCC2)CC1. The zero-order valence-electron chi connectivity index (χ0n) is 14.5. The van der Waals surface area contributed by atoms with Gasteiger partial charge in [0.05, 0.1) is 0 Å². The van der Waals surface area contributed by atoms with Crippen molar-refractivity contribution in [1.29, 1.82) is 0 Å². The number of rotatable bonds is 4. The van der Waals surface area contributed by atoms with Crippen molar-refractivity contribution >= 4 is 6.09 Å². The molecule has 0 aromatic carbocycles. The first-order valence-corrected chi connectivity index (χ1v) is 8.85. The van der Waals surface area contributed by atoms with E-state index in [1.165, 1.54) is 38.9 Å². The van der Waals surface area contributed by atoms with Crippen LogP contribution in [0.1, 0.15) is 52.9 Å². The molecule has 2 N–H and O–H groups in total. The lowest BCUT2D eigenvalue weighted by Gasteiger charge is -2.32. The number of hydrogen-bond donors (Lipinski definition) is 2. The number of amides is 1. The molecule has 1 aliphatic carbocycles. The molecule has 0 atom stereocenters. The third-order valence-corrected chi connectivity index (χ3v) is 4.63. The van der Waals surface area contributed by atoms with Gasteiger partial charge in [-0.1, -0.05) is 0 Å². The summed E-state index contributed by atoms with van der Waals surface area (Å²) in [6.07, 6.45) is 5.67. The number of carbonyl (C=O) groups excluding carboxylic acids is 1. The molecule has 5 nitrogen and oxygen atoms in total. The van der Waals surface area contributed by atoms with Gasteiger partial charge in [-0.15, -0.1) is 0 Å². The molecule has 0 aromatic heterocycles. The van der Waals surface area contributed by atoms with Crippen molar-refractivity contribution in [2.45, 2.75) is 64.5 Å². The van der Waals surface area contributed by atoms with E-state index in [-0.39, 0.29) is 6.09 Å². The van der Waals surface area contributed by atoms with Gasteiger partial charge >= 0.3 is 6.09 Å². The lowest BCUT2D eigenvalue weighted by Crippen LogP contribution is -2.44. The summed E-state index contributed by atoms with van der Waals surface area (Å²) in [5.41, 5.74) is -0.412. The van der Waals surface area contributed by atoms with E-state index in [1.807, 2.05) is 20.8 Å². The van der Waals surface area contributed by atoms with Crippen LogP contribution in [0.5, 0.6) is 0 Å². The molecule has 0 aromatic rings. The third-order valence-electron chi connectivity index (χ3n) is 4.63. The Hall–Kier alpha value is -0.810. The highest BCUT2D eigenvalue weighted by atomic mass is 16.6. The fraction of sp³-hybridized carbons (Fsp3) is 0.941. The van der Waals surface area contributed by atoms with E-state index >= 15 is 0 Å². The summed E-state index contributed by atoms with van der Waals surface area (Å²) in [5.74, 6) is 0.826. The van der Waals surface area contributed by atoms with E-state index in [0.29, 0.717) is 6.04 Å². The monoisotopic (exact) mass is 311 g/mol. The van der Waals surface area contributed by atoms with Crippen molar-refractivity contribution in [3.8, 4) is 0 Å². The molecule has 1 heterocycles. The van der Waals surface area contributed by atoms with Crippen molar-refractivity contribution in [1.82, 2.24) is 15.5 Å². The summed E-state index contributed by atoms with van der Waals surface area (Å²) in [6.45, 7) is 11.6. The minimum atomic E-state index is -0.412. The number of carbonyl (C=O) groups is 1. The zero-order chi connectivity index (χ0) is 16.0. The van der Waals surface area contributed by atoms with Crippen LogP contribution in [-0.2, 0) is 4.74 Å². The minimum Gasteiger partial charge on any atom is -0.444 e. The number of nitrogens with one attached hydrogen (secondary N) is 2. The van der Waals surface area contributed by atoms with E-state index < -0.39 is 5.60 Å². The molecule has 5 heteroatoms. The Labute approximate surface area is 135 Å². The van der Waals surface area contributed by atoms with Crippen LogP contribution >= 0.6 is 0 Å². The first-order valence-electron chi connectivity index (χ1n) is 8.85.